The molecular formula is C17H38BrNO2S. The third-order valence-electron chi connectivity index (χ3n) is 4.03. The third-order valence-corrected chi connectivity index (χ3v) is 4.89. The molecule has 136 valence electrons. The van der Waals surface area contributed by atoms with Crippen molar-refractivity contribution in [1.82, 2.24) is 0 Å². The minimum Gasteiger partial charge on any atom is -0.229 e. The van der Waals surface area contributed by atoms with Gasteiger partial charge in [-0.1, -0.05) is 96.8 Å². The Balaban J connectivity index is 0. The monoisotopic (exact) mass is 399 g/mol. The molecule has 0 aliphatic carbocycles. The summed E-state index contributed by atoms with van der Waals surface area (Å²) in [6, 6.07) is 0. The minimum absolute atomic E-state index is 0. The van der Waals surface area contributed by atoms with Crippen molar-refractivity contribution in [2.24, 2.45) is 5.14 Å². The fourth-order valence-electron chi connectivity index (χ4n) is 2.67. The predicted octanol–water partition coefficient (Wildman–Crippen LogP) is 5.72. The zero-order valence-electron chi connectivity index (χ0n) is 14.5. The summed E-state index contributed by atoms with van der Waals surface area (Å²) >= 11 is 0. The SMILES string of the molecule is Br.CCCCCCCCCCCCCCCCCS(N)(=O)=O. The second-order valence-corrected chi connectivity index (χ2v) is 8.05. The molecule has 0 rings (SSSR count). The summed E-state index contributed by atoms with van der Waals surface area (Å²) in [4.78, 5) is 0. The van der Waals surface area contributed by atoms with E-state index >= 15 is 0 Å². The van der Waals surface area contributed by atoms with E-state index in [0.29, 0.717) is 0 Å². The topological polar surface area (TPSA) is 60.2 Å². The van der Waals surface area contributed by atoms with Crippen LogP contribution in [0.15, 0.2) is 0 Å². The average Bonchev–Trinajstić information content (AvgIpc) is 2.42. The van der Waals surface area contributed by atoms with E-state index in [1.807, 2.05) is 0 Å². The van der Waals surface area contributed by atoms with Gasteiger partial charge in [0, 0.05) is 0 Å². The third kappa shape index (κ3) is 22.7. The van der Waals surface area contributed by atoms with Crippen LogP contribution in [0, 0.1) is 0 Å². The average molecular weight is 400 g/mol. The molecule has 0 aliphatic rings. The molecule has 0 spiro atoms. The van der Waals surface area contributed by atoms with Crippen molar-refractivity contribution >= 4 is 27.0 Å². The predicted molar refractivity (Wildman–Crippen MR) is 103 cm³/mol. The van der Waals surface area contributed by atoms with Crippen LogP contribution >= 0.6 is 17.0 Å². The molecule has 0 saturated carbocycles. The first-order chi connectivity index (χ1) is 10.1. The largest absolute Gasteiger partial charge is 0.229 e. The second kappa shape index (κ2) is 17.7. The summed E-state index contributed by atoms with van der Waals surface area (Å²) in [7, 11) is -3.24. The standard InChI is InChI=1S/C17H37NO2S.BrH/c1-2-3-4-5-6-7-8-9-10-11-12-13-14-15-16-17-21(18,19)20;/h2-17H2,1H3,(H2,18,19,20);1H. The molecule has 0 aromatic rings. The van der Waals surface area contributed by atoms with E-state index in [9.17, 15) is 8.42 Å². The van der Waals surface area contributed by atoms with Gasteiger partial charge in [-0.05, 0) is 6.42 Å². The fourth-order valence-corrected chi connectivity index (χ4v) is 3.28. The summed E-state index contributed by atoms with van der Waals surface area (Å²) in [5.41, 5.74) is 0. The normalized spacial score (nSPS) is 11.4. The van der Waals surface area contributed by atoms with Gasteiger partial charge in [-0.3, -0.25) is 0 Å². The van der Waals surface area contributed by atoms with E-state index in [1.54, 1.807) is 0 Å². The highest BCUT2D eigenvalue weighted by molar-refractivity contribution is 8.93. The van der Waals surface area contributed by atoms with Crippen LogP contribution in [0.4, 0.5) is 0 Å². The number of sulfonamides is 1. The maximum atomic E-state index is 10.7. The Labute approximate surface area is 149 Å². The Bertz CT molecular complexity index is 308. The Morgan fingerprint density at radius 2 is 0.864 bits per heavy atom. The van der Waals surface area contributed by atoms with Gasteiger partial charge in [-0.25, -0.2) is 13.6 Å². The van der Waals surface area contributed by atoms with Gasteiger partial charge in [0.25, 0.3) is 0 Å². The van der Waals surface area contributed by atoms with Crippen LogP contribution < -0.4 is 5.14 Å². The van der Waals surface area contributed by atoms with Gasteiger partial charge in [0.2, 0.25) is 10.0 Å². The summed E-state index contributed by atoms with van der Waals surface area (Å²) in [6.45, 7) is 2.26. The van der Waals surface area contributed by atoms with Gasteiger partial charge in [0.15, 0.2) is 0 Å². The summed E-state index contributed by atoms with van der Waals surface area (Å²) in [5, 5.41) is 4.96. The highest BCUT2D eigenvalue weighted by Crippen LogP contribution is 2.13. The molecule has 0 aromatic heterocycles. The van der Waals surface area contributed by atoms with Gasteiger partial charge < -0.3 is 0 Å². The Kier molecular flexibility index (Phi) is 19.9. The Morgan fingerprint density at radius 3 is 1.14 bits per heavy atom. The molecule has 0 heterocycles. The van der Waals surface area contributed by atoms with E-state index in [2.05, 4.69) is 6.92 Å². The van der Waals surface area contributed by atoms with Crippen LogP contribution in [-0.2, 0) is 10.0 Å². The second-order valence-electron chi connectivity index (χ2n) is 6.32. The van der Waals surface area contributed by atoms with E-state index in [4.69, 9.17) is 5.14 Å². The molecule has 3 nitrogen and oxygen atoms in total. The molecular weight excluding hydrogens is 362 g/mol. The van der Waals surface area contributed by atoms with E-state index < -0.39 is 10.0 Å². The van der Waals surface area contributed by atoms with Crippen molar-refractivity contribution in [3.8, 4) is 0 Å². The van der Waals surface area contributed by atoms with Crippen molar-refractivity contribution in [1.29, 1.82) is 0 Å². The molecule has 0 unspecified atom stereocenters. The van der Waals surface area contributed by atoms with Crippen molar-refractivity contribution in [2.45, 2.75) is 103 Å². The number of hydrogen-bond donors (Lipinski definition) is 1. The molecule has 0 bridgehead atoms. The molecule has 0 fully saturated rings. The molecule has 0 aromatic carbocycles. The molecule has 0 aliphatic heterocycles. The van der Waals surface area contributed by atoms with Gasteiger partial charge >= 0.3 is 0 Å². The summed E-state index contributed by atoms with van der Waals surface area (Å²) in [6.07, 6.45) is 19.3. The van der Waals surface area contributed by atoms with E-state index in [0.717, 1.165) is 19.3 Å². The van der Waals surface area contributed by atoms with Crippen molar-refractivity contribution < 1.29 is 8.42 Å². The van der Waals surface area contributed by atoms with Crippen LogP contribution in [0.3, 0.4) is 0 Å². The molecule has 2 N–H and O–H groups in total. The van der Waals surface area contributed by atoms with Crippen molar-refractivity contribution in [3.05, 3.63) is 0 Å². The first-order valence-electron chi connectivity index (χ1n) is 9.06. The van der Waals surface area contributed by atoms with Gasteiger partial charge in [0.1, 0.15) is 0 Å². The van der Waals surface area contributed by atoms with Crippen LogP contribution in [0.1, 0.15) is 103 Å². The maximum absolute atomic E-state index is 10.7. The number of hydrogen-bond acceptors (Lipinski definition) is 2. The Hall–Kier alpha value is 0.390. The van der Waals surface area contributed by atoms with Crippen LogP contribution in [0.2, 0.25) is 0 Å². The lowest BCUT2D eigenvalue weighted by Crippen LogP contribution is -2.16. The van der Waals surface area contributed by atoms with Crippen LogP contribution in [-0.4, -0.2) is 14.2 Å². The first-order valence-corrected chi connectivity index (χ1v) is 10.8. The summed E-state index contributed by atoms with van der Waals surface area (Å²) in [5.74, 6) is 0.144. The quantitative estimate of drug-likeness (QED) is 0.337. The molecule has 0 atom stereocenters. The zero-order valence-corrected chi connectivity index (χ0v) is 17.1. The Morgan fingerprint density at radius 1 is 0.591 bits per heavy atom. The number of unbranched alkanes of at least 4 members (excludes halogenated alkanes) is 14. The smallest absolute Gasteiger partial charge is 0.209 e. The maximum Gasteiger partial charge on any atom is 0.209 e. The van der Waals surface area contributed by atoms with Crippen LogP contribution in [0.5, 0.6) is 0 Å². The number of primary sulfonamides is 1. The minimum atomic E-state index is -3.24. The van der Waals surface area contributed by atoms with Gasteiger partial charge in [0.05, 0.1) is 5.75 Å². The van der Waals surface area contributed by atoms with Crippen molar-refractivity contribution in [3.63, 3.8) is 0 Å². The zero-order chi connectivity index (χ0) is 15.8. The number of nitrogens with two attached hydrogens (primary N) is 1. The van der Waals surface area contributed by atoms with Crippen molar-refractivity contribution in [2.75, 3.05) is 5.75 Å². The van der Waals surface area contributed by atoms with Crippen LogP contribution in [0.25, 0.3) is 0 Å². The lowest BCUT2D eigenvalue weighted by molar-refractivity contribution is 0.534. The summed E-state index contributed by atoms with van der Waals surface area (Å²) < 4.78 is 21.5. The molecule has 0 amide bonds. The van der Waals surface area contributed by atoms with E-state index in [-0.39, 0.29) is 22.7 Å². The van der Waals surface area contributed by atoms with Gasteiger partial charge in [-0.2, -0.15) is 0 Å². The first kappa shape index (κ1) is 24.6. The van der Waals surface area contributed by atoms with E-state index in [1.165, 1.54) is 77.0 Å². The number of halogens is 1. The van der Waals surface area contributed by atoms with Gasteiger partial charge in [-0.15, -0.1) is 17.0 Å². The molecule has 0 radical (unpaired) electrons. The molecule has 22 heavy (non-hydrogen) atoms. The number of rotatable bonds is 16. The highest BCUT2D eigenvalue weighted by atomic mass is 79.9. The highest BCUT2D eigenvalue weighted by Gasteiger charge is 2.01. The lowest BCUT2D eigenvalue weighted by atomic mass is 10.0. The molecule has 5 heteroatoms. The fraction of sp³-hybridized carbons (Fsp3) is 1.00. The molecule has 0 saturated heterocycles. The lowest BCUT2D eigenvalue weighted by Gasteiger charge is -2.03.